The van der Waals surface area contributed by atoms with Crippen LogP contribution in [0.3, 0.4) is 0 Å². The number of carbonyl (C=O) groups is 5. The molecule has 64 heavy (non-hydrogen) atoms. The van der Waals surface area contributed by atoms with Gasteiger partial charge in [0.05, 0.1) is 33.0 Å². The molecule has 0 saturated carbocycles. The minimum Gasteiger partial charge on any atom is -0.466 e. The lowest BCUT2D eigenvalue weighted by atomic mass is 9.97. The molecule has 2 aliphatic heterocycles. The summed E-state index contributed by atoms with van der Waals surface area (Å²) in [5.74, 6) is -3.39. The van der Waals surface area contributed by atoms with Gasteiger partial charge in [-0.3, -0.25) is 24.0 Å². The Bertz CT molecular complexity index is 1900. The molecule has 2 fully saturated rings. The molecule has 17 nitrogen and oxygen atoms in total. The van der Waals surface area contributed by atoms with Gasteiger partial charge in [0.25, 0.3) is 0 Å². The molecular weight excluding hydrogens is 836 g/mol. The van der Waals surface area contributed by atoms with E-state index in [1.54, 1.807) is 0 Å². The molecule has 17 heteroatoms. The Labute approximate surface area is 372 Å². The van der Waals surface area contributed by atoms with Crippen LogP contribution in [0.4, 0.5) is 0 Å². The van der Waals surface area contributed by atoms with Gasteiger partial charge in [0.15, 0.2) is 30.9 Å². The van der Waals surface area contributed by atoms with Gasteiger partial charge in [-0.05, 0) is 29.5 Å². The van der Waals surface area contributed by atoms with Crippen molar-refractivity contribution in [3.05, 3.63) is 108 Å². The van der Waals surface area contributed by atoms with Crippen LogP contribution in [0.1, 0.15) is 64.2 Å². The summed E-state index contributed by atoms with van der Waals surface area (Å²) in [6, 6.07) is 28.7. The van der Waals surface area contributed by atoms with Gasteiger partial charge < -0.3 is 56.8 Å². The van der Waals surface area contributed by atoms with Crippen molar-refractivity contribution in [2.75, 3.05) is 26.4 Å². The zero-order chi connectivity index (χ0) is 45.8. The van der Waals surface area contributed by atoms with Crippen molar-refractivity contribution >= 4 is 29.8 Å². The van der Waals surface area contributed by atoms with Crippen LogP contribution in [-0.4, -0.2) is 118 Å². The average Bonchev–Trinajstić information content (AvgIpc) is 3.26. The largest absolute Gasteiger partial charge is 0.466 e. The van der Waals surface area contributed by atoms with Gasteiger partial charge in [-0.25, -0.2) is 0 Å². The number of rotatable bonds is 23. The highest BCUT2D eigenvalue weighted by molar-refractivity contribution is 5.69. The molecule has 0 bridgehead atoms. The number of ether oxygens (including phenoxy) is 12. The quantitative estimate of drug-likeness (QED) is 0.0706. The third-order valence-electron chi connectivity index (χ3n) is 9.95. The van der Waals surface area contributed by atoms with Crippen molar-refractivity contribution in [2.24, 2.45) is 0 Å². The zero-order valence-electron chi connectivity index (χ0n) is 36.7. The highest BCUT2D eigenvalue weighted by Crippen LogP contribution is 2.34. The third-order valence-corrected chi connectivity index (χ3v) is 9.95. The standard InChI is InChI=1S/C47H58O17/c1-30(48)53-23-15-16-24-54-46-44(58-27-37-21-13-8-14-22-37)42(57-26-36-19-11-7-12-20-36)40(56-25-35-17-9-6-10-18-35)38(63-46)29-59-47-45(62-34(5)52)43(61-33(4)51)41(60-32(3)50)39(64-47)28-55-31(2)49/h6-14,17-22,38-47H,15-16,23-29H2,1-5H3/t38-,39-,40-,41-,42+,43+,44-,45-,46-,47-/m1/s1. The Morgan fingerprint density at radius 1 is 0.406 bits per heavy atom. The fourth-order valence-electron chi connectivity index (χ4n) is 7.15. The first-order valence-electron chi connectivity index (χ1n) is 21.2. The fourth-order valence-corrected chi connectivity index (χ4v) is 7.15. The summed E-state index contributed by atoms with van der Waals surface area (Å²) in [6.07, 6.45) is -10.8. The van der Waals surface area contributed by atoms with Crippen LogP contribution >= 0.6 is 0 Å². The van der Waals surface area contributed by atoms with E-state index < -0.39 is 91.9 Å². The second-order valence-corrected chi connectivity index (χ2v) is 15.1. The number of esters is 5. The van der Waals surface area contributed by atoms with Gasteiger partial charge in [0.2, 0.25) is 0 Å². The van der Waals surface area contributed by atoms with Crippen molar-refractivity contribution in [3.63, 3.8) is 0 Å². The van der Waals surface area contributed by atoms with E-state index in [0.717, 1.165) is 37.5 Å². The van der Waals surface area contributed by atoms with Crippen LogP contribution in [0.15, 0.2) is 91.0 Å². The lowest BCUT2D eigenvalue weighted by Gasteiger charge is -2.47. The summed E-state index contributed by atoms with van der Waals surface area (Å²) >= 11 is 0. The fraction of sp³-hybridized carbons (Fsp3) is 0.511. The lowest BCUT2D eigenvalue weighted by molar-refractivity contribution is -0.345. The molecule has 5 rings (SSSR count). The SMILES string of the molecule is CC(=O)OCCCCO[C@@H]1O[C@H](CO[C@@H]2O[C@H](COC(C)=O)[C@@H](OC(C)=O)[C@H](OC(C)=O)[C@H]2OC(C)=O)[C@@H](OCc2ccccc2)[C@H](OCc2ccccc2)[C@H]1OCc1ccccc1. The number of hydrogen-bond donors (Lipinski definition) is 0. The van der Waals surface area contributed by atoms with E-state index >= 15 is 0 Å². The van der Waals surface area contributed by atoms with E-state index in [9.17, 15) is 24.0 Å². The number of benzene rings is 3. The van der Waals surface area contributed by atoms with E-state index in [-0.39, 0.29) is 45.6 Å². The summed E-state index contributed by atoms with van der Waals surface area (Å²) < 4.78 is 73.2. The first kappa shape index (κ1) is 49.7. The average molecular weight is 895 g/mol. The first-order chi connectivity index (χ1) is 30.9. The molecule has 10 atom stereocenters. The number of carbonyl (C=O) groups excluding carboxylic acids is 5. The van der Waals surface area contributed by atoms with Crippen LogP contribution < -0.4 is 0 Å². The minimum absolute atomic E-state index is 0.128. The molecule has 0 unspecified atom stereocenters. The van der Waals surface area contributed by atoms with Crippen molar-refractivity contribution < 1.29 is 80.8 Å². The Hall–Kier alpha value is -5.27. The normalized spacial score (nSPS) is 25.4. The van der Waals surface area contributed by atoms with Crippen LogP contribution in [-0.2, 0) is 101 Å². The zero-order valence-corrected chi connectivity index (χ0v) is 36.7. The van der Waals surface area contributed by atoms with E-state index in [1.165, 1.54) is 13.8 Å². The molecule has 3 aromatic carbocycles. The van der Waals surface area contributed by atoms with Crippen LogP contribution in [0.5, 0.6) is 0 Å². The second-order valence-electron chi connectivity index (χ2n) is 15.1. The topological polar surface area (TPSA) is 196 Å². The second kappa shape index (κ2) is 25.9. The first-order valence-corrected chi connectivity index (χ1v) is 21.2. The van der Waals surface area contributed by atoms with Gasteiger partial charge >= 0.3 is 29.8 Å². The smallest absolute Gasteiger partial charge is 0.303 e. The maximum absolute atomic E-state index is 12.6. The monoisotopic (exact) mass is 894 g/mol. The third kappa shape index (κ3) is 16.1. The summed E-state index contributed by atoms with van der Waals surface area (Å²) in [5.41, 5.74) is 2.63. The molecule has 0 amide bonds. The molecule has 0 aromatic heterocycles. The predicted molar refractivity (Wildman–Crippen MR) is 223 cm³/mol. The van der Waals surface area contributed by atoms with E-state index in [2.05, 4.69) is 0 Å². The van der Waals surface area contributed by atoms with Gasteiger partial charge in [0, 0.05) is 41.2 Å². The summed E-state index contributed by atoms with van der Waals surface area (Å²) in [6.45, 7) is 6.03. The molecular formula is C47H58O17. The van der Waals surface area contributed by atoms with Gasteiger partial charge in [0.1, 0.15) is 37.1 Å². The maximum Gasteiger partial charge on any atom is 0.303 e. The molecule has 0 N–H and O–H groups in total. The molecule has 3 aromatic rings. The van der Waals surface area contributed by atoms with Gasteiger partial charge in [-0.2, -0.15) is 0 Å². The Morgan fingerprint density at radius 3 is 1.33 bits per heavy atom. The minimum atomic E-state index is -1.50. The van der Waals surface area contributed by atoms with Crippen LogP contribution in [0.25, 0.3) is 0 Å². The molecule has 348 valence electrons. The maximum atomic E-state index is 12.6. The van der Waals surface area contributed by atoms with Crippen molar-refractivity contribution in [2.45, 2.75) is 129 Å². The number of unbranched alkanes of at least 4 members (excludes halogenated alkanes) is 1. The predicted octanol–water partition coefficient (Wildman–Crippen LogP) is 4.93. The Balaban J connectivity index is 1.52. The van der Waals surface area contributed by atoms with E-state index in [1.807, 2.05) is 91.0 Å². The summed E-state index contributed by atoms with van der Waals surface area (Å²) in [7, 11) is 0. The molecule has 2 heterocycles. The Kier molecular flexibility index (Phi) is 20.1. The van der Waals surface area contributed by atoms with Crippen molar-refractivity contribution in [1.29, 1.82) is 0 Å². The van der Waals surface area contributed by atoms with Crippen LogP contribution in [0, 0.1) is 0 Å². The molecule has 0 spiro atoms. The summed E-state index contributed by atoms with van der Waals surface area (Å²) in [4.78, 5) is 60.8. The molecule has 0 aliphatic carbocycles. The highest BCUT2D eigenvalue weighted by atomic mass is 16.8. The van der Waals surface area contributed by atoms with E-state index in [4.69, 9.17) is 56.8 Å². The van der Waals surface area contributed by atoms with Crippen LogP contribution in [0.2, 0.25) is 0 Å². The van der Waals surface area contributed by atoms with Gasteiger partial charge in [-0.15, -0.1) is 0 Å². The van der Waals surface area contributed by atoms with Crippen molar-refractivity contribution in [1.82, 2.24) is 0 Å². The van der Waals surface area contributed by atoms with Gasteiger partial charge in [-0.1, -0.05) is 91.0 Å². The Morgan fingerprint density at radius 2 is 0.828 bits per heavy atom. The van der Waals surface area contributed by atoms with Crippen molar-refractivity contribution in [3.8, 4) is 0 Å². The highest BCUT2D eigenvalue weighted by Gasteiger charge is 2.54. The van der Waals surface area contributed by atoms with E-state index in [0.29, 0.717) is 12.8 Å². The molecule has 2 aliphatic rings. The summed E-state index contributed by atoms with van der Waals surface area (Å²) in [5, 5.41) is 0. The lowest BCUT2D eigenvalue weighted by Crippen LogP contribution is -2.64. The number of hydrogen-bond acceptors (Lipinski definition) is 17. The molecule has 2 saturated heterocycles. The molecule has 0 radical (unpaired) electrons.